The van der Waals surface area contributed by atoms with E-state index in [2.05, 4.69) is 5.10 Å². The SMILES string of the molecule is CCn1nc2n(c(=O)c1=O)C[C@H]1CCN(C(=O)Cc3cccc(F)c3)C[C@H]21. The molecule has 3 heterocycles. The fourth-order valence-electron chi connectivity index (χ4n) is 4.12. The Balaban J connectivity index is 1.57. The molecule has 2 aliphatic heterocycles. The maximum atomic E-state index is 13.3. The van der Waals surface area contributed by atoms with Gasteiger partial charge in [-0.25, -0.2) is 9.07 Å². The molecule has 0 spiro atoms. The highest BCUT2D eigenvalue weighted by atomic mass is 19.1. The van der Waals surface area contributed by atoms with Crippen molar-refractivity contribution in [2.24, 2.45) is 5.92 Å². The van der Waals surface area contributed by atoms with Gasteiger partial charge in [-0.3, -0.25) is 19.0 Å². The Morgan fingerprint density at radius 2 is 2.07 bits per heavy atom. The molecule has 4 rings (SSSR count). The lowest BCUT2D eigenvalue weighted by atomic mass is 9.87. The average molecular weight is 372 g/mol. The van der Waals surface area contributed by atoms with Crippen LogP contribution in [-0.4, -0.2) is 38.2 Å². The molecule has 1 saturated heterocycles. The van der Waals surface area contributed by atoms with Gasteiger partial charge in [0.15, 0.2) is 0 Å². The van der Waals surface area contributed by atoms with E-state index in [-0.39, 0.29) is 30.0 Å². The number of amides is 1. The van der Waals surface area contributed by atoms with Gasteiger partial charge in [-0.1, -0.05) is 12.1 Å². The number of fused-ring (bicyclic) bond motifs is 3. The van der Waals surface area contributed by atoms with E-state index in [0.29, 0.717) is 37.6 Å². The summed E-state index contributed by atoms with van der Waals surface area (Å²) in [7, 11) is 0. The minimum absolute atomic E-state index is 0.0543. The maximum absolute atomic E-state index is 13.3. The van der Waals surface area contributed by atoms with Gasteiger partial charge in [0, 0.05) is 32.1 Å². The Morgan fingerprint density at radius 3 is 2.81 bits per heavy atom. The minimum Gasteiger partial charge on any atom is -0.342 e. The summed E-state index contributed by atoms with van der Waals surface area (Å²) in [5.74, 6) is 0.319. The maximum Gasteiger partial charge on any atom is 0.332 e. The second-order valence-corrected chi connectivity index (χ2v) is 7.20. The Morgan fingerprint density at radius 1 is 1.26 bits per heavy atom. The molecule has 0 unspecified atom stereocenters. The number of aryl methyl sites for hydroxylation is 1. The van der Waals surface area contributed by atoms with Crippen molar-refractivity contribution < 1.29 is 9.18 Å². The van der Waals surface area contributed by atoms with Crippen LogP contribution in [0.15, 0.2) is 33.9 Å². The number of carbonyl (C=O) groups excluding carboxylic acids is 1. The van der Waals surface area contributed by atoms with E-state index in [4.69, 9.17) is 0 Å². The third-order valence-corrected chi connectivity index (χ3v) is 5.56. The first kappa shape index (κ1) is 17.6. The molecular weight excluding hydrogens is 351 g/mol. The third kappa shape index (κ3) is 3.09. The summed E-state index contributed by atoms with van der Waals surface area (Å²) in [6.45, 7) is 3.65. The summed E-state index contributed by atoms with van der Waals surface area (Å²) in [4.78, 5) is 38.8. The first-order valence-corrected chi connectivity index (χ1v) is 9.22. The zero-order valence-corrected chi connectivity index (χ0v) is 15.1. The van der Waals surface area contributed by atoms with Crippen LogP contribution in [0.25, 0.3) is 0 Å². The number of benzene rings is 1. The monoisotopic (exact) mass is 372 g/mol. The molecule has 1 fully saturated rings. The lowest BCUT2D eigenvalue weighted by Gasteiger charge is -2.34. The lowest BCUT2D eigenvalue weighted by molar-refractivity contribution is -0.132. The van der Waals surface area contributed by atoms with Crippen LogP contribution in [-0.2, 0) is 24.3 Å². The molecule has 0 radical (unpaired) electrons. The molecule has 1 amide bonds. The predicted octanol–water partition coefficient (Wildman–Crippen LogP) is 0.752. The summed E-state index contributed by atoms with van der Waals surface area (Å²) in [5, 5.41) is 4.39. The van der Waals surface area contributed by atoms with Crippen molar-refractivity contribution in [3.05, 3.63) is 62.2 Å². The lowest BCUT2D eigenvalue weighted by Crippen LogP contribution is -2.44. The van der Waals surface area contributed by atoms with Gasteiger partial charge in [-0.05, 0) is 37.0 Å². The normalized spacial score (nSPS) is 21.0. The molecule has 8 heteroatoms. The second-order valence-electron chi connectivity index (χ2n) is 7.20. The van der Waals surface area contributed by atoms with Crippen LogP contribution >= 0.6 is 0 Å². The smallest absolute Gasteiger partial charge is 0.332 e. The van der Waals surface area contributed by atoms with Crippen molar-refractivity contribution in [1.82, 2.24) is 19.2 Å². The molecule has 1 aromatic carbocycles. The van der Waals surface area contributed by atoms with E-state index in [1.165, 1.54) is 21.4 Å². The zero-order chi connectivity index (χ0) is 19.1. The zero-order valence-electron chi connectivity index (χ0n) is 15.1. The molecule has 0 N–H and O–H groups in total. The summed E-state index contributed by atoms with van der Waals surface area (Å²) in [6, 6.07) is 6.06. The van der Waals surface area contributed by atoms with Crippen molar-refractivity contribution in [2.45, 2.75) is 38.8 Å². The van der Waals surface area contributed by atoms with Crippen LogP contribution in [0.1, 0.15) is 30.7 Å². The Kier molecular flexibility index (Phi) is 4.41. The van der Waals surface area contributed by atoms with Crippen molar-refractivity contribution in [1.29, 1.82) is 0 Å². The molecule has 142 valence electrons. The summed E-state index contributed by atoms with van der Waals surface area (Å²) in [5.41, 5.74) is -0.490. The van der Waals surface area contributed by atoms with E-state index >= 15 is 0 Å². The standard InChI is InChI=1S/C19H21FN4O3/c1-2-24-19(27)18(26)23-10-13-6-7-22(11-15(13)17(23)21-24)16(25)9-12-4-3-5-14(20)8-12/h3-5,8,13,15H,2,6-7,9-11H2,1H3/t13-,15+/m1/s1. The molecule has 2 aliphatic rings. The average Bonchev–Trinajstić information content (AvgIpc) is 3.02. The highest BCUT2D eigenvalue weighted by molar-refractivity contribution is 5.79. The second kappa shape index (κ2) is 6.75. The molecule has 27 heavy (non-hydrogen) atoms. The number of carbonyl (C=O) groups is 1. The number of likely N-dealkylation sites (tertiary alicyclic amines) is 1. The van der Waals surface area contributed by atoms with Gasteiger partial charge < -0.3 is 4.90 Å². The number of halogens is 1. The molecular formula is C19H21FN4O3. The van der Waals surface area contributed by atoms with Crippen LogP contribution in [0.3, 0.4) is 0 Å². The van der Waals surface area contributed by atoms with Gasteiger partial charge in [0.25, 0.3) is 0 Å². The van der Waals surface area contributed by atoms with Crippen LogP contribution in [0.2, 0.25) is 0 Å². The molecule has 2 atom stereocenters. The van der Waals surface area contributed by atoms with E-state index in [0.717, 1.165) is 6.42 Å². The topological polar surface area (TPSA) is 77.2 Å². The van der Waals surface area contributed by atoms with Crippen molar-refractivity contribution >= 4 is 5.91 Å². The van der Waals surface area contributed by atoms with Crippen LogP contribution in [0.5, 0.6) is 0 Å². The number of hydrogen-bond donors (Lipinski definition) is 0. The molecule has 1 aromatic heterocycles. The fraction of sp³-hybridized carbons (Fsp3) is 0.474. The first-order chi connectivity index (χ1) is 13.0. The Bertz CT molecular complexity index is 1010. The van der Waals surface area contributed by atoms with E-state index in [1.54, 1.807) is 24.0 Å². The number of piperidine rings is 1. The molecule has 7 nitrogen and oxygen atoms in total. The molecule has 0 bridgehead atoms. The first-order valence-electron chi connectivity index (χ1n) is 9.22. The number of aromatic nitrogens is 3. The van der Waals surface area contributed by atoms with Gasteiger partial charge in [0.1, 0.15) is 11.6 Å². The summed E-state index contributed by atoms with van der Waals surface area (Å²) < 4.78 is 16.0. The number of rotatable bonds is 3. The molecule has 2 aromatic rings. The van der Waals surface area contributed by atoms with Crippen molar-refractivity contribution in [3.8, 4) is 0 Å². The largest absolute Gasteiger partial charge is 0.342 e. The van der Waals surface area contributed by atoms with E-state index < -0.39 is 11.1 Å². The van der Waals surface area contributed by atoms with Crippen LogP contribution in [0, 0.1) is 11.7 Å². The van der Waals surface area contributed by atoms with E-state index in [1.807, 2.05) is 0 Å². The van der Waals surface area contributed by atoms with E-state index in [9.17, 15) is 18.8 Å². The Labute approximate surface area is 155 Å². The summed E-state index contributed by atoms with van der Waals surface area (Å²) in [6.07, 6.45) is 0.895. The van der Waals surface area contributed by atoms with Crippen LogP contribution < -0.4 is 11.1 Å². The number of hydrogen-bond acceptors (Lipinski definition) is 4. The van der Waals surface area contributed by atoms with Crippen molar-refractivity contribution in [2.75, 3.05) is 13.1 Å². The quantitative estimate of drug-likeness (QED) is 0.745. The van der Waals surface area contributed by atoms with Crippen LogP contribution in [0.4, 0.5) is 4.39 Å². The predicted molar refractivity (Wildman–Crippen MR) is 96.0 cm³/mol. The minimum atomic E-state index is -0.598. The summed E-state index contributed by atoms with van der Waals surface area (Å²) >= 11 is 0. The Hall–Kier alpha value is -2.77. The highest BCUT2D eigenvalue weighted by Gasteiger charge is 2.40. The van der Waals surface area contributed by atoms with Gasteiger partial charge in [0.05, 0.1) is 6.42 Å². The van der Waals surface area contributed by atoms with Gasteiger partial charge >= 0.3 is 11.1 Å². The third-order valence-electron chi connectivity index (χ3n) is 5.56. The number of nitrogens with zero attached hydrogens (tertiary/aromatic N) is 4. The van der Waals surface area contributed by atoms with Gasteiger partial charge in [-0.15, -0.1) is 0 Å². The van der Waals surface area contributed by atoms with Gasteiger partial charge in [0.2, 0.25) is 5.91 Å². The molecule has 0 aliphatic carbocycles. The fourth-order valence-corrected chi connectivity index (χ4v) is 4.12. The highest BCUT2D eigenvalue weighted by Crippen LogP contribution is 2.37. The van der Waals surface area contributed by atoms with Crippen molar-refractivity contribution in [3.63, 3.8) is 0 Å². The van der Waals surface area contributed by atoms with Gasteiger partial charge in [-0.2, -0.15) is 5.10 Å². The molecule has 0 saturated carbocycles.